The van der Waals surface area contributed by atoms with Crippen molar-refractivity contribution in [1.29, 1.82) is 0 Å². The number of hydrogen-bond acceptors (Lipinski definition) is 1. The molecule has 1 aliphatic carbocycles. The number of rotatable bonds is 0. The Morgan fingerprint density at radius 3 is 2.79 bits per heavy atom. The summed E-state index contributed by atoms with van der Waals surface area (Å²) >= 11 is 9.51. The van der Waals surface area contributed by atoms with Crippen LogP contribution in [0.15, 0.2) is 34.9 Å². The van der Waals surface area contributed by atoms with Gasteiger partial charge in [0.15, 0.2) is 0 Å². The predicted octanol–water partition coefficient (Wildman–Crippen LogP) is 3.88. The van der Waals surface area contributed by atoms with E-state index in [-0.39, 0.29) is 5.92 Å². The Kier molecular flexibility index (Phi) is 3.27. The number of halogens is 2. The summed E-state index contributed by atoms with van der Waals surface area (Å²) in [7, 11) is 0. The van der Waals surface area contributed by atoms with Crippen LogP contribution in [0.4, 0.5) is 0 Å². The maximum absolute atomic E-state index is 10.2. The van der Waals surface area contributed by atoms with Crippen molar-refractivity contribution in [3.05, 3.63) is 62.3 Å². The standard InChI is InChI=1S/C15H14BrClNO/c1-9-14-5-4-13(17)7-10(14)2-3-11-6-12(16)8-18(19)15(9)11/h4-9,19H,2-3H2,1H3/q+1/t9-/m1/s1. The number of fused-ring (bicyclic) bond motifs is 2. The third kappa shape index (κ3) is 2.26. The molecule has 1 aromatic carbocycles. The lowest BCUT2D eigenvalue weighted by atomic mass is 9.93. The van der Waals surface area contributed by atoms with Gasteiger partial charge in [0, 0.05) is 15.3 Å². The van der Waals surface area contributed by atoms with Gasteiger partial charge in [-0.2, -0.15) is 0 Å². The number of aryl methyl sites for hydroxylation is 2. The first kappa shape index (κ1) is 12.9. The molecule has 19 heavy (non-hydrogen) atoms. The van der Waals surface area contributed by atoms with Gasteiger partial charge in [-0.15, -0.1) is 0 Å². The topological polar surface area (TPSA) is 24.1 Å². The molecule has 0 spiro atoms. The van der Waals surface area contributed by atoms with Gasteiger partial charge < -0.3 is 0 Å². The van der Waals surface area contributed by atoms with Crippen LogP contribution in [0, 0.1) is 0 Å². The van der Waals surface area contributed by atoms with E-state index in [1.807, 2.05) is 12.1 Å². The van der Waals surface area contributed by atoms with E-state index in [4.69, 9.17) is 11.6 Å². The van der Waals surface area contributed by atoms with Gasteiger partial charge in [0.05, 0.1) is 10.4 Å². The Hall–Kier alpha value is -1.06. The molecule has 0 amide bonds. The van der Waals surface area contributed by atoms with Gasteiger partial charge in [0.25, 0.3) is 0 Å². The quantitative estimate of drug-likeness (QED) is 0.571. The molecule has 98 valence electrons. The Morgan fingerprint density at radius 1 is 1.26 bits per heavy atom. The molecule has 2 aromatic rings. The average molecular weight is 340 g/mol. The van der Waals surface area contributed by atoms with E-state index >= 15 is 0 Å². The highest BCUT2D eigenvalue weighted by atomic mass is 79.9. The van der Waals surface area contributed by atoms with Gasteiger partial charge >= 0.3 is 0 Å². The molecule has 1 aromatic heterocycles. The molecular formula is C15H14BrClNO+. The van der Waals surface area contributed by atoms with Crippen LogP contribution in [-0.2, 0) is 12.8 Å². The van der Waals surface area contributed by atoms with Gasteiger partial charge in [0.2, 0.25) is 11.9 Å². The zero-order valence-corrected chi connectivity index (χ0v) is 12.9. The van der Waals surface area contributed by atoms with Crippen LogP contribution >= 0.6 is 27.5 Å². The fourth-order valence-electron chi connectivity index (χ4n) is 2.92. The highest BCUT2D eigenvalue weighted by molar-refractivity contribution is 9.10. The molecule has 0 radical (unpaired) electrons. The molecular weight excluding hydrogens is 326 g/mol. The van der Waals surface area contributed by atoms with E-state index in [1.165, 1.54) is 21.4 Å². The molecule has 1 heterocycles. The highest BCUT2D eigenvalue weighted by Gasteiger charge is 2.29. The molecule has 2 nitrogen and oxygen atoms in total. The lowest BCUT2D eigenvalue weighted by Gasteiger charge is -2.11. The maximum Gasteiger partial charge on any atom is 0.244 e. The number of benzene rings is 1. The largest absolute Gasteiger partial charge is 0.285 e. The summed E-state index contributed by atoms with van der Waals surface area (Å²) in [5.74, 6) is 0.155. The first-order valence-corrected chi connectivity index (χ1v) is 7.45. The van der Waals surface area contributed by atoms with Crippen LogP contribution in [0.2, 0.25) is 5.02 Å². The normalized spacial score (nSPS) is 17.5. The summed E-state index contributed by atoms with van der Waals surface area (Å²) in [6.07, 6.45) is 3.55. The minimum Gasteiger partial charge on any atom is -0.285 e. The number of nitrogens with zero attached hydrogens (tertiary/aromatic N) is 1. The summed E-state index contributed by atoms with van der Waals surface area (Å²) in [5.41, 5.74) is 4.65. The summed E-state index contributed by atoms with van der Waals surface area (Å²) < 4.78 is 2.14. The summed E-state index contributed by atoms with van der Waals surface area (Å²) in [4.78, 5) is 0. The fourth-order valence-corrected chi connectivity index (χ4v) is 3.58. The van der Waals surface area contributed by atoms with Gasteiger partial charge in [-0.3, -0.25) is 5.21 Å². The summed E-state index contributed by atoms with van der Waals surface area (Å²) in [6.45, 7) is 2.12. The van der Waals surface area contributed by atoms with Crippen molar-refractivity contribution in [3.63, 3.8) is 0 Å². The molecule has 0 unspecified atom stereocenters. The summed E-state index contributed by atoms with van der Waals surface area (Å²) in [5, 5.41) is 10.9. The van der Waals surface area contributed by atoms with Crippen LogP contribution in [0.25, 0.3) is 0 Å². The van der Waals surface area contributed by atoms with Crippen molar-refractivity contribution in [2.75, 3.05) is 0 Å². The third-order valence-corrected chi connectivity index (χ3v) is 4.45. The van der Waals surface area contributed by atoms with E-state index in [1.54, 1.807) is 6.20 Å². The smallest absolute Gasteiger partial charge is 0.244 e. The molecule has 0 bridgehead atoms. The first-order chi connectivity index (χ1) is 9.06. The molecule has 3 rings (SSSR count). The van der Waals surface area contributed by atoms with Crippen LogP contribution in [0.5, 0.6) is 0 Å². The first-order valence-electron chi connectivity index (χ1n) is 6.28. The second-order valence-corrected chi connectivity index (χ2v) is 6.33. The van der Waals surface area contributed by atoms with Gasteiger partial charge in [-0.25, -0.2) is 0 Å². The summed E-state index contributed by atoms with van der Waals surface area (Å²) in [6, 6.07) is 8.12. The van der Waals surface area contributed by atoms with Crippen LogP contribution in [0.3, 0.4) is 0 Å². The fraction of sp³-hybridized carbons (Fsp3) is 0.267. The van der Waals surface area contributed by atoms with E-state index in [2.05, 4.69) is 35.0 Å². The van der Waals surface area contributed by atoms with E-state index in [0.717, 1.165) is 28.0 Å². The number of hydrogen-bond donors (Lipinski definition) is 1. The molecule has 0 saturated heterocycles. The molecule has 1 N–H and O–H groups in total. The Balaban J connectivity index is 2.20. The van der Waals surface area contributed by atoms with Crippen LogP contribution in [0.1, 0.15) is 35.2 Å². The van der Waals surface area contributed by atoms with Crippen molar-refractivity contribution >= 4 is 27.5 Å². The van der Waals surface area contributed by atoms with Gasteiger partial charge in [-0.1, -0.05) is 17.7 Å². The van der Waals surface area contributed by atoms with Crippen molar-refractivity contribution in [1.82, 2.24) is 0 Å². The molecule has 0 aliphatic heterocycles. The lowest BCUT2D eigenvalue weighted by molar-refractivity contribution is -0.910. The number of aromatic nitrogens is 1. The van der Waals surface area contributed by atoms with Crippen LogP contribution < -0.4 is 4.73 Å². The minimum atomic E-state index is 0.155. The van der Waals surface area contributed by atoms with Crippen molar-refractivity contribution in [2.24, 2.45) is 0 Å². The van der Waals surface area contributed by atoms with Crippen molar-refractivity contribution in [3.8, 4) is 0 Å². The van der Waals surface area contributed by atoms with E-state index in [0.29, 0.717) is 0 Å². The lowest BCUT2D eigenvalue weighted by Crippen LogP contribution is -2.37. The second-order valence-electron chi connectivity index (χ2n) is 4.98. The maximum atomic E-state index is 10.2. The second kappa shape index (κ2) is 4.80. The molecule has 1 atom stereocenters. The number of pyridine rings is 1. The SMILES string of the molecule is C[C@@H]1c2ccc(Cl)cc2CCc2cc(Br)c[n+](O)c21. The predicted molar refractivity (Wildman–Crippen MR) is 77.9 cm³/mol. The van der Waals surface area contributed by atoms with Crippen molar-refractivity contribution < 1.29 is 9.94 Å². The Bertz CT molecular complexity index is 657. The third-order valence-electron chi connectivity index (χ3n) is 3.78. The molecule has 0 saturated carbocycles. The molecule has 4 heteroatoms. The van der Waals surface area contributed by atoms with Gasteiger partial charge in [-0.05, 0) is 65.0 Å². The zero-order chi connectivity index (χ0) is 13.6. The van der Waals surface area contributed by atoms with E-state index < -0.39 is 0 Å². The van der Waals surface area contributed by atoms with E-state index in [9.17, 15) is 5.21 Å². The monoisotopic (exact) mass is 338 g/mol. The zero-order valence-electron chi connectivity index (χ0n) is 10.5. The van der Waals surface area contributed by atoms with Crippen LogP contribution in [-0.4, -0.2) is 5.21 Å². The minimum absolute atomic E-state index is 0.155. The molecule has 0 fully saturated rings. The van der Waals surface area contributed by atoms with Crippen molar-refractivity contribution in [2.45, 2.75) is 25.7 Å². The molecule has 1 aliphatic rings. The highest BCUT2D eigenvalue weighted by Crippen LogP contribution is 2.33. The van der Waals surface area contributed by atoms with Gasteiger partial charge in [0.1, 0.15) is 0 Å². The Labute approximate surface area is 125 Å². The Morgan fingerprint density at radius 2 is 2.00 bits per heavy atom. The average Bonchev–Trinajstić information content (AvgIpc) is 2.47.